The molecule has 402 valence electrons. The van der Waals surface area contributed by atoms with Gasteiger partial charge in [-0.1, -0.05) is 0 Å². The summed E-state index contributed by atoms with van der Waals surface area (Å²) in [6.07, 6.45) is 36.7. The fraction of sp³-hybridized carbons (Fsp3) is 0.333. The van der Waals surface area contributed by atoms with Crippen molar-refractivity contribution in [3.05, 3.63) is 145 Å². The van der Waals surface area contributed by atoms with E-state index >= 15 is 0 Å². The number of aromatic nitrogens is 8. The van der Waals surface area contributed by atoms with Crippen LogP contribution in [0.2, 0.25) is 0 Å². The average Bonchev–Trinajstić information content (AvgIpc) is 4.26. The number of aromatic amines is 2. The van der Waals surface area contributed by atoms with Gasteiger partial charge in [0.05, 0.1) is 22.8 Å². The third-order valence-corrected chi connectivity index (χ3v) is 13.6. The van der Waals surface area contributed by atoms with Gasteiger partial charge >= 0.3 is 0 Å². The summed E-state index contributed by atoms with van der Waals surface area (Å²) in [5.74, 6) is 0. The number of pyridine rings is 4. The number of aryl methyl sites for hydroxylation is 4. The fourth-order valence-corrected chi connectivity index (χ4v) is 9.99. The average molecular weight is 1290 g/mol. The monoisotopic (exact) mass is 1280 g/mol. The van der Waals surface area contributed by atoms with Gasteiger partial charge in [-0.2, -0.15) is 0 Å². The van der Waals surface area contributed by atoms with Gasteiger partial charge in [0, 0.05) is 143 Å². The van der Waals surface area contributed by atoms with Crippen molar-refractivity contribution in [2.24, 2.45) is 0 Å². The van der Waals surface area contributed by atoms with Gasteiger partial charge < -0.3 is 98.3 Å². The molecule has 6 N–H and O–H groups in total. The second-order valence-corrected chi connectivity index (χ2v) is 19.0. The molecule has 0 aromatic carbocycles. The zero-order valence-electron chi connectivity index (χ0n) is 43.0. The second kappa shape index (κ2) is 31.4. The largest absolute Gasteiger partial charge is 1.00 e. The Labute approximate surface area is 488 Å². The standard InChI is InChI=1S/C60H70N8O4.4BrH/c69-37-9-1-5-29-65-33-13-17-45(41-65)57-49-21-23-51(61-49)58(46-18-14-34-66(42-46)30-6-2-10-38-70)53-25-27-55(63-53)60(48-20-16-36-68(44-48)32-8-4-12-40-72)56-28-26-54(64-56)59(52-24-22-50(57)62-52)47-19-15-35-67(43-47)31-7-3-11-39-71;;;;/h13-28,33-36,41-44,61,64,69-72H,1-12,29-32,37-40H2;4*1H/q+4;;;;/p-4. The van der Waals surface area contributed by atoms with E-state index in [1.807, 2.05) is 0 Å². The van der Waals surface area contributed by atoms with E-state index in [0.29, 0.717) is 0 Å². The van der Waals surface area contributed by atoms with Crippen LogP contribution >= 0.6 is 0 Å². The minimum atomic E-state index is 0. The van der Waals surface area contributed by atoms with Crippen LogP contribution in [0.4, 0.5) is 0 Å². The molecule has 7 aromatic rings. The van der Waals surface area contributed by atoms with Crippen LogP contribution in [0.1, 0.15) is 99.8 Å². The first-order chi connectivity index (χ1) is 35.5. The topological polar surface area (TPSA) is 154 Å². The van der Waals surface area contributed by atoms with E-state index in [-0.39, 0.29) is 94.4 Å². The molecule has 8 bridgehead atoms. The third-order valence-electron chi connectivity index (χ3n) is 13.6. The summed E-state index contributed by atoms with van der Waals surface area (Å²) in [7, 11) is 0. The lowest BCUT2D eigenvalue weighted by Gasteiger charge is -2.07. The number of H-pyrrole nitrogens is 2. The van der Waals surface area contributed by atoms with Crippen molar-refractivity contribution in [2.45, 2.75) is 103 Å². The normalized spacial score (nSPS) is 11.4. The third kappa shape index (κ3) is 15.6. The van der Waals surface area contributed by atoms with Crippen molar-refractivity contribution in [1.82, 2.24) is 19.9 Å². The van der Waals surface area contributed by atoms with Gasteiger partial charge in [-0.3, -0.25) is 0 Å². The van der Waals surface area contributed by atoms with Gasteiger partial charge in [-0.05, 0) is 124 Å². The predicted octanol–water partition coefficient (Wildman–Crippen LogP) is -2.86. The Kier molecular flexibility index (Phi) is 25.5. The highest BCUT2D eigenvalue weighted by Crippen LogP contribution is 2.38. The summed E-state index contributed by atoms with van der Waals surface area (Å²) in [4.78, 5) is 19.0. The maximum absolute atomic E-state index is 9.48. The predicted molar refractivity (Wildman–Crippen MR) is 285 cm³/mol. The molecule has 2 aliphatic rings. The first-order valence-electron chi connectivity index (χ1n) is 26.1. The van der Waals surface area contributed by atoms with Crippen molar-refractivity contribution in [3.8, 4) is 44.5 Å². The molecular weight excluding hydrogens is 1220 g/mol. The number of rotatable bonds is 24. The number of unbranched alkanes of at least 4 members (excludes halogenated alkanes) is 8. The quantitative estimate of drug-likeness (QED) is 0.0283. The number of nitrogens with zero attached hydrogens (tertiary/aromatic N) is 6. The number of hydrogen-bond donors (Lipinski definition) is 6. The molecule has 0 radical (unpaired) electrons. The number of aliphatic hydroxyl groups is 4. The summed E-state index contributed by atoms with van der Waals surface area (Å²) in [6, 6.07) is 25.8. The maximum Gasteiger partial charge on any atom is 0.176 e. The summed E-state index contributed by atoms with van der Waals surface area (Å²) >= 11 is 0. The van der Waals surface area contributed by atoms with Gasteiger partial charge in [-0.25, -0.2) is 28.2 Å². The zero-order valence-corrected chi connectivity index (χ0v) is 49.3. The molecule has 0 saturated heterocycles. The summed E-state index contributed by atoms with van der Waals surface area (Å²) in [5.41, 5.74) is 15.2. The molecule has 0 atom stereocenters. The highest BCUT2D eigenvalue weighted by molar-refractivity contribution is 5.99. The van der Waals surface area contributed by atoms with E-state index in [1.165, 1.54) is 0 Å². The molecule has 0 unspecified atom stereocenters. The van der Waals surface area contributed by atoms with E-state index in [1.54, 1.807) is 0 Å². The lowest BCUT2D eigenvalue weighted by Crippen LogP contribution is -3.00. The molecular formula is C60H70Br4N8O4. The van der Waals surface area contributed by atoms with Crippen molar-refractivity contribution in [3.63, 3.8) is 0 Å². The van der Waals surface area contributed by atoms with Crippen LogP contribution in [-0.2, 0) is 26.2 Å². The van der Waals surface area contributed by atoms with Gasteiger partial charge in [0.15, 0.2) is 49.6 Å². The van der Waals surface area contributed by atoms with Crippen LogP contribution in [-0.4, -0.2) is 66.8 Å². The maximum atomic E-state index is 9.48. The van der Waals surface area contributed by atoms with E-state index in [2.05, 4.69) is 175 Å². The first kappa shape index (κ1) is 61.8. The minimum Gasteiger partial charge on any atom is -1.00 e. The van der Waals surface area contributed by atoms with Crippen molar-refractivity contribution >= 4 is 46.4 Å². The van der Waals surface area contributed by atoms with E-state index in [9.17, 15) is 20.4 Å². The molecule has 16 heteroatoms. The Balaban J connectivity index is 0.00000267. The fourth-order valence-electron chi connectivity index (χ4n) is 9.99. The van der Waals surface area contributed by atoms with Gasteiger partial charge in [0.1, 0.15) is 26.2 Å². The summed E-state index contributed by atoms with van der Waals surface area (Å²) in [6.45, 7) is 4.14. The Morgan fingerprint density at radius 3 is 0.776 bits per heavy atom. The lowest BCUT2D eigenvalue weighted by molar-refractivity contribution is -0.697. The molecule has 0 saturated carbocycles. The first-order valence-corrected chi connectivity index (χ1v) is 26.1. The number of halogens is 4. The van der Waals surface area contributed by atoms with E-state index in [0.717, 1.165) is 193 Å². The number of aliphatic hydroxyl groups excluding tert-OH is 4. The zero-order chi connectivity index (χ0) is 49.5. The van der Waals surface area contributed by atoms with Crippen LogP contribution < -0.4 is 86.2 Å². The molecule has 76 heavy (non-hydrogen) atoms. The number of hydrogen-bond acceptors (Lipinski definition) is 6. The molecule has 7 aromatic heterocycles. The molecule has 0 amide bonds. The van der Waals surface area contributed by atoms with Crippen LogP contribution in [0.15, 0.2) is 122 Å². The highest BCUT2D eigenvalue weighted by Gasteiger charge is 2.22. The van der Waals surface area contributed by atoms with Crippen molar-refractivity contribution in [1.29, 1.82) is 0 Å². The minimum absolute atomic E-state index is 0. The van der Waals surface area contributed by atoms with Crippen LogP contribution in [0.5, 0.6) is 0 Å². The summed E-state index contributed by atoms with van der Waals surface area (Å²) in [5, 5.41) is 37.9. The Morgan fingerprint density at radius 1 is 0.316 bits per heavy atom. The lowest BCUT2D eigenvalue weighted by atomic mass is 10.1. The summed E-state index contributed by atoms with van der Waals surface area (Å²) < 4.78 is 8.96. The SMILES string of the molecule is OCCCCC[n+]1cccc(-c2c3nc(c(-c4ccc[n+](CCCCCO)c4)c4ccc([nH]4)c(-c4ccc[n+](CCCCCO)c4)c4nc(c(-c5ccc[n+](CCCCCO)c5)c5ccc2[nH]5)C=C4)C=C3)c1.[Br-].[Br-].[Br-].[Br-]. The Bertz CT molecular complexity index is 2800. The molecule has 9 heterocycles. The van der Waals surface area contributed by atoms with Crippen molar-refractivity contribution < 1.29 is 107 Å². The molecule has 9 rings (SSSR count). The second-order valence-electron chi connectivity index (χ2n) is 19.0. The Hall–Kier alpha value is -5.04. The van der Waals surface area contributed by atoms with Gasteiger partial charge in [0.25, 0.3) is 0 Å². The molecule has 0 fully saturated rings. The smallest absolute Gasteiger partial charge is 0.176 e. The van der Waals surface area contributed by atoms with Crippen molar-refractivity contribution in [2.75, 3.05) is 26.4 Å². The van der Waals surface area contributed by atoms with Crippen LogP contribution in [0.25, 0.3) is 90.9 Å². The van der Waals surface area contributed by atoms with E-state index < -0.39 is 0 Å². The van der Waals surface area contributed by atoms with Gasteiger partial charge in [0.2, 0.25) is 0 Å². The molecule has 12 nitrogen and oxygen atoms in total. The van der Waals surface area contributed by atoms with Gasteiger partial charge in [-0.15, -0.1) is 0 Å². The molecule has 0 aliphatic carbocycles. The van der Waals surface area contributed by atoms with E-state index in [4.69, 9.17) is 9.97 Å². The Morgan fingerprint density at radius 2 is 0.553 bits per heavy atom. The highest BCUT2D eigenvalue weighted by atomic mass is 79.9. The van der Waals surface area contributed by atoms with Crippen LogP contribution in [0.3, 0.4) is 0 Å². The number of fused-ring (bicyclic) bond motifs is 8. The molecule has 2 aliphatic heterocycles. The number of nitrogens with one attached hydrogen (secondary N) is 2. The van der Waals surface area contributed by atoms with Crippen LogP contribution in [0, 0.1) is 0 Å². The molecule has 0 spiro atoms.